The summed E-state index contributed by atoms with van der Waals surface area (Å²) >= 11 is 0. The van der Waals surface area contributed by atoms with Gasteiger partial charge in [-0.05, 0) is 19.4 Å². The fourth-order valence-corrected chi connectivity index (χ4v) is 2.52. The SMILES string of the molecule is CCC(O[SiH2]c1ccccc1O)OC(C)OC. The summed E-state index contributed by atoms with van der Waals surface area (Å²) in [6.07, 6.45) is 0.212. The lowest BCUT2D eigenvalue weighted by atomic mass is 10.3. The molecule has 0 fully saturated rings. The van der Waals surface area contributed by atoms with Crippen LogP contribution in [-0.4, -0.2) is 34.6 Å². The Morgan fingerprint density at radius 2 is 2.06 bits per heavy atom. The summed E-state index contributed by atoms with van der Waals surface area (Å²) in [5, 5.41) is 10.5. The molecule has 0 saturated heterocycles. The predicted octanol–water partition coefficient (Wildman–Crippen LogP) is 0.863. The third-order valence-electron chi connectivity index (χ3n) is 2.43. The molecule has 0 amide bonds. The highest BCUT2D eigenvalue weighted by Crippen LogP contribution is 2.06. The Kier molecular flexibility index (Phi) is 6.21. The molecule has 5 heteroatoms. The average Bonchev–Trinajstić information content (AvgIpc) is 2.35. The lowest BCUT2D eigenvalue weighted by Gasteiger charge is -2.21. The third-order valence-corrected chi connectivity index (χ3v) is 3.87. The number of hydrogen-bond donors (Lipinski definition) is 1. The van der Waals surface area contributed by atoms with E-state index in [-0.39, 0.29) is 12.6 Å². The highest BCUT2D eigenvalue weighted by atomic mass is 28.2. The number of phenols is 1. The van der Waals surface area contributed by atoms with Crippen LogP contribution in [0.3, 0.4) is 0 Å². The number of para-hydroxylation sites is 1. The minimum Gasteiger partial charge on any atom is -0.508 e. The van der Waals surface area contributed by atoms with Crippen molar-refractivity contribution in [1.82, 2.24) is 0 Å². The van der Waals surface area contributed by atoms with Gasteiger partial charge in [0.05, 0.1) is 0 Å². The minimum atomic E-state index is -0.980. The first-order valence-corrected chi connectivity index (χ1v) is 7.02. The molecule has 0 radical (unpaired) electrons. The smallest absolute Gasteiger partial charge is 0.199 e. The van der Waals surface area contributed by atoms with Gasteiger partial charge < -0.3 is 19.0 Å². The van der Waals surface area contributed by atoms with Crippen molar-refractivity contribution in [3.8, 4) is 5.75 Å². The standard InChI is InChI=1S/C12H20O4Si/c1-4-12(15-9(2)14-3)16-17-11-8-6-5-7-10(11)13/h5-9,12-13H,4,17H2,1-3H3. The van der Waals surface area contributed by atoms with Gasteiger partial charge in [0.25, 0.3) is 0 Å². The van der Waals surface area contributed by atoms with E-state index in [0.717, 1.165) is 11.6 Å². The summed E-state index contributed by atoms with van der Waals surface area (Å²) in [5.41, 5.74) is 0. The number of aromatic hydroxyl groups is 1. The van der Waals surface area contributed by atoms with E-state index in [9.17, 15) is 5.11 Å². The van der Waals surface area contributed by atoms with Crippen molar-refractivity contribution >= 4 is 14.9 Å². The van der Waals surface area contributed by atoms with Gasteiger partial charge in [-0.3, -0.25) is 0 Å². The van der Waals surface area contributed by atoms with Gasteiger partial charge in [0.2, 0.25) is 0 Å². The molecular formula is C12H20O4Si. The van der Waals surface area contributed by atoms with Crippen molar-refractivity contribution in [2.75, 3.05) is 7.11 Å². The second-order valence-corrected chi connectivity index (χ2v) is 5.10. The van der Waals surface area contributed by atoms with Crippen LogP contribution < -0.4 is 5.19 Å². The Morgan fingerprint density at radius 1 is 1.35 bits per heavy atom. The first-order chi connectivity index (χ1) is 8.17. The van der Waals surface area contributed by atoms with Gasteiger partial charge in [-0.25, -0.2) is 0 Å². The first kappa shape index (κ1) is 14.2. The Hall–Kier alpha value is -0.883. The van der Waals surface area contributed by atoms with Crippen molar-refractivity contribution in [3.63, 3.8) is 0 Å². The van der Waals surface area contributed by atoms with Crippen molar-refractivity contribution < 1.29 is 19.0 Å². The van der Waals surface area contributed by atoms with E-state index in [2.05, 4.69) is 0 Å². The minimum absolute atomic E-state index is 0.267. The van der Waals surface area contributed by atoms with Gasteiger partial charge in [0.15, 0.2) is 16.1 Å². The molecule has 0 aliphatic rings. The number of hydrogen-bond acceptors (Lipinski definition) is 4. The zero-order chi connectivity index (χ0) is 12.7. The zero-order valence-corrected chi connectivity index (χ0v) is 12.0. The molecule has 0 aromatic heterocycles. The molecular weight excluding hydrogens is 236 g/mol. The number of rotatable bonds is 7. The van der Waals surface area contributed by atoms with Crippen LogP contribution in [0.25, 0.3) is 0 Å². The molecule has 2 atom stereocenters. The number of ether oxygens (including phenoxy) is 2. The van der Waals surface area contributed by atoms with E-state index in [1.54, 1.807) is 19.2 Å². The molecule has 96 valence electrons. The Balaban J connectivity index is 2.45. The van der Waals surface area contributed by atoms with Crippen LogP contribution in [0, 0.1) is 0 Å². The summed E-state index contributed by atoms with van der Waals surface area (Å²) in [6, 6.07) is 7.25. The Bertz CT molecular complexity index is 332. The van der Waals surface area contributed by atoms with Crippen LogP contribution in [0.2, 0.25) is 0 Å². The molecule has 0 bridgehead atoms. The zero-order valence-electron chi connectivity index (χ0n) is 10.6. The van der Waals surface area contributed by atoms with Crippen molar-refractivity contribution in [2.24, 2.45) is 0 Å². The van der Waals surface area contributed by atoms with Gasteiger partial charge in [0, 0.05) is 12.3 Å². The fraction of sp³-hybridized carbons (Fsp3) is 0.500. The first-order valence-electron chi connectivity index (χ1n) is 5.74. The normalized spacial score (nSPS) is 15.2. The van der Waals surface area contributed by atoms with Crippen molar-refractivity contribution in [2.45, 2.75) is 32.8 Å². The lowest BCUT2D eigenvalue weighted by Crippen LogP contribution is -2.29. The van der Waals surface area contributed by atoms with Gasteiger partial charge in [-0.2, -0.15) is 0 Å². The molecule has 17 heavy (non-hydrogen) atoms. The highest BCUT2D eigenvalue weighted by molar-refractivity contribution is 6.48. The summed E-state index contributed by atoms with van der Waals surface area (Å²) in [7, 11) is 0.615. The van der Waals surface area contributed by atoms with Crippen molar-refractivity contribution in [3.05, 3.63) is 24.3 Å². The van der Waals surface area contributed by atoms with Crippen LogP contribution in [-0.2, 0) is 13.9 Å². The molecule has 0 saturated carbocycles. The molecule has 1 N–H and O–H groups in total. The van der Waals surface area contributed by atoms with Gasteiger partial charge in [-0.15, -0.1) is 0 Å². The fourth-order valence-electron chi connectivity index (χ4n) is 1.34. The summed E-state index contributed by atoms with van der Waals surface area (Å²) in [6.45, 7) is 3.82. The molecule has 1 rings (SSSR count). The van der Waals surface area contributed by atoms with Crippen LogP contribution in [0.15, 0.2) is 24.3 Å². The maximum Gasteiger partial charge on any atom is 0.199 e. The van der Waals surface area contributed by atoms with E-state index in [1.165, 1.54) is 0 Å². The third kappa shape index (κ3) is 4.87. The van der Waals surface area contributed by atoms with E-state index < -0.39 is 9.76 Å². The lowest BCUT2D eigenvalue weighted by molar-refractivity contribution is -0.200. The topological polar surface area (TPSA) is 47.9 Å². The molecule has 0 aliphatic carbocycles. The van der Waals surface area contributed by atoms with E-state index in [0.29, 0.717) is 5.75 Å². The van der Waals surface area contributed by atoms with Gasteiger partial charge in [0.1, 0.15) is 12.0 Å². The molecule has 1 aromatic carbocycles. The second-order valence-electron chi connectivity index (χ2n) is 3.72. The monoisotopic (exact) mass is 256 g/mol. The van der Waals surface area contributed by atoms with E-state index >= 15 is 0 Å². The summed E-state index contributed by atoms with van der Waals surface area (Å²) < 4.78 is 16.2. The van der Waals surface area contributed by atoms with Crippen LogP contribution in [0.5, 0.6) is 5.75 Å². The van der Waals surface area contributed by atoms with E-state index in [4.69, 9.17) is 13.9 Å². The van der Waals surface area contributed by atoms with Gasteiger partial charge in [-0.1, -0.05) is 25.1 Å². The largest absolute Gasteiger partial charge is 0.508 e. The Labute approximate surface area is 104 Å². The highest BCUT2D eigenvalue weighted by Gasteiger charge is 2.12. The van der Waals surface area contributed by atoms with E-state index in [1.807, 2.05) is 26.0 Å². The molecule has 2 unspecified atom stereocenters. The predicted molar refractivity (Wildman–Crippen MR) is 69.0 cm³/mol. The average molecular weight is 256 g/mol. The molecule has 0 heterocycles. The van der Waals surface area contributed by atoms with Crippen LogP contribution in [0.1, 0.15) is 20.3 Å². The number of benzene rings is 1. The molecule has 0 spiro atoms. The summed E-state index contributed by atoms with van der Waals surface area (Å²) in [5.74, 6) is 0.300. The molecule has 4 nitrogen and oxygen atoms in total. The number of phenolic OH excluding ortho intramolecular Hbond substituents is 1. The Morgan fingerprint density at radius 3 is 2.65 bits per heavy atom. The summed E-state index contributed by atoms with van der Waals surface area (Å²) in [4.78, 5) is 0. The maximum atomic E-state index is 9.61. The van der Waals surface area contributed by atoms with Gasteiger partial charge >= 0.3 is 0 Å². The van der Waals surface area contributed by atoms with Crippen LogP contribution >= 0.6 is 0 Å². The van der Waals surface area contributed by atoms with Crippen molar-refractivity contribution in [1.29, 1.82) is 0 Å². The van der Waals surface area contributed by atoms with Crippen LogP contribution in [0.4, 0.5) is 0 Å². The second kappa shape index (κ2) is 7.44. The molecule has 1 aromatic rings. The quantitative estimate of drug-likeness (QED) is 0.581. The number of methoxy groups -OCH3 is 1. The maximum absolute atomic E-state index is 9.61. The molecule has 0 aliphatic heterocycles.